The maximum Gasteiger partial charge on any atom is 0.277 e. The SMILES string of the molecule is O=C(CSc1nnc(-c2ccc(F)cc2)o1)c1ccc(N2CCCC2=O)cc1. The van der Waals surface area contributed by atoms with E-state index in [1.807, 2.05) is 0 Å². The first-order valence-electron chi connectivity index (χ1n) is 8.76. The molecule has 1 amide bonds. The van der Waals surface area contributed by atoms with E-state index in [0.717, 1.165) is 30.4 Å². The molecule has 6 nitrogen and oxygen atoms in total. The van der Waals surface area contributed by atoms with Gasteiger partial charge < -0.3 is 9.32 Å². The highest BCUT2D eigenvalue weighted by atomic mass is 32.2. The number of hydrogen-bond donors (Lipinski definition) is 0. The molecule has 2 aromatic carbocycles. The molecule has 1 aromatic heterocycles. The number of Topliss-reactive ketones (excluding diaryl/α,β-unsaturated/α-hetero) is 1. The van der Waals surface area contributed by atoms with E-state index in [-0.39, 0.29) is 34.4 Å². The zero-order valence-corrected chi connectivity index (χ0v) is 15.6. The summed E-state index contributed by atoms with van der Waals surface area (Å²) in [5.41, 5.74) is 1.98. The molecular weight excluding hydrogens is 381 g/mol. The molecule has 0 spiro atoms. The number of rotatable bonds is 6. The molecule has 28 heavy (non-hydrogen) atoms. The summed E-state index contributed by atoms with van der Waals surface area (Å²) in [6.45, 7) is 0.718. The molecule has 1 aliphatic rings. The van der Waals surface area contributed by atoms with Gasteiger partial charge in [-0.1, -0.05) is 11.8 Å². The number of halogens is 1. The van der Waals surface area contributed by atoms with E-state index in [1.54, 1.807) is 41.3 Å². The minimum atomic E-state index is -0.344. The quantitative estimate of drug-likeness (QED) is 0.463. The molecule has 0 radical (unpaired) electrons. The van der Waals surface area contributed by atoms with Crippen LogP contribution in [0.3, 0.4) is 0 Å². The summed E-state index contributed by atoms with van der Waals surface area (Å²) in [6.07, 6.45) is 1.43. The molecule has 0 saturated carbocycles. The Balaban J connectivity index is 1.36. The van der Waals surface area contributed by atoms with Crippen LogP contribution in [0.25, 0.3) is 11.5 Å². The van der Waals surface area contributed by atoms with Gasteiger partial charge in [-0.2, -0.15) is 0 Å². The molecule has 1 saturated heterocycles. The van der Waals surface area contributed by atoms with E-state index in [9.17, 15) is 14.0 Å². The standard InChI is InChI=1S/C20H16FN3O3S/c21-15-7-3-14(4-8-15)19-22-23-20(27-19)28-12-17(25)13-5-9-16(10-6-13)24-11-1-2-18(24)26/h3-10H,1-2,11-12H2. The Kier molecular flexibility index (Phi) is 5.21. The van der Waals surface area contributed by atoms with Crippen LogP contribution >= 0.6 is 11.8 Å². The first-order valence-corrected chi connectivity index (χ1v) is 9.74. The minimum absolute atomic E-state index is 0.0779. The van der Waals surface area contributed by atoms with Gasteiger partial charge in [0.25, 0.3) is 5.22 Å². The Labute approximate surface area is 164 Å². The third-order valence-electron chi connectivity index (χ3n) is 4.40. The van der Waals surface area contributed by atoms with Crippen LogP contribution in [0.15, 0.2) is 58.2 Å². The average Bonchev–Trinajstić information content (AvgIpc) is 3.36. The maximum atomic E-state index is 13.0. The molecule has 0 bridgehead atoms. The van der Waals surface area contributed by atoms with Crippen molar-refractivity contribution in [2.75, 3.05) is 17.2 Å². The van der Waals surface area contributed by atoms with Crippen molar-refractivity contribution in [2.24, 2.45) is 0 Å². The lowest BCUT2D eigenvalue weighted by Crippen LogP contribution is -2.23. The number of anilines is 1. The van der Waals surface area contributed by atoms with Crippen LogP contribution in [0.1, 0.15) is 23.2 Å². The first-order chi connectivity index (χ1) is 13.6. The van der Waals surface area contributed by atoms with Crippen LogP contribution in [0, 0.1) is 5.82 Å². The third kappa shape index (κ3) is 3.96. The van der Waals surface area contributed by atoms with E-state index >= 15 is 0 Å². The van der Waals surface area contributed by atoms with Crippen LogP contribution < -0.4 is 4.90 Å². The lowest BCUT2D eigenvalue weighted by Gasteiger charge is -2.15. The topological polar surface area (TPSA) is 76.3 Å². The number of ketones is 1. The smallest absolute Gasteiger partial charge is 0.277 e. The van der Waals surface area contributed by atoms with Gasteiger partial charge >= 0.3 is 0 Å². The van der Waals surface area contributed by atoms with Crippen molar-refractivity contribution >= 4 is 29.1 Å². The molecule has 0 atom stereocenters. The van der Waals surface area contributed by atoms with E-state index in [2.05, 4.69) is 10.2 Å². The number of carbonyl (C=O) groups excluding carboxylic acids is 2. The lowest BCUT2D eigenvalue weighted by atomic mass is 10.1. The summed E-state index contributed by atoms with van der Waals surface area (Å²) < 4.78 is 18.5. The van der Waals surface area contributed by atoms with Crippen LogP contribution in [0.5, 0.6) is 0 Å². The van der Waals surface area contributed by atoms with E-state index < -0.39 is 0 Å². The number of amides is 1. The second kappa shape index (κ2) is 7.93. The number of carbonyl (C=O) groups is 2. The van der Waals surface area contributed by atoms with Crippen molar-refractivity contribution in [3.05, 3.63) is 59.9 Å². The molecule has 142 valence electrons. The Bertz CT molecular complexity index is 1000. The Morgan fingerprint density at radius 3 is 2.54 bits per heavy atom. The van der Waals surface area contributed by atoms with Crippen LogP contribution in [0.2, 0.25) is 0 Å². The molecular formula is C20H16FN3O3S. The molecule has 0 N–H and O–H groups in total. The number of aromatic nitrogens is 2. The molecule has 4 rings (SSSR count). The van der Waals surface area contributed by atoms with Crippen molar-refractivity contribution < 1.29 is 18.4 Å². The lowest BCUT2D eigenvalue weighted by molar-refractivity contribution is -0.117. The van der Waals surface area contributed by atoms with Crippen molar-refractivity contribution in [1.29, 1.82) is 0 Å². The maximum absolute atomic E-state index is 13.0. The molecule has 8 heteroatoms. The Hall–Kier alpha value is -3.00. The average molecular weight is 397 g/mol. The highest BCUT2D eigenvalue weighted by Crippen LogP contribution is 2.25. The van der Waals surface area contributed by atoms with Crippen molar-refractivity contribution in [1.82, 2.24) is 10.2 Å². The second-order valence-corrected chi connectivity index (χ2v) is 7.21. The fraction of sp³-hybridized carbons (Fsp3) is 0.200. The van der Waals surface area contributed by atoms with Gasteiger partial charge in [0.2, 0.25) is 11.8 Å². The zero-order valence-electron chi connectivity index (χ0n) is 14.8. The summed E-state index contributed by atoms with van der Waals surface area (Å²) >= 11 is 1.14. The van der Waals surface area contributed by atoms with Crippen molar-refractivity contribution in [3.8, 4) is 11.5 Å². The van der Waals surface area contributed by atoms with Crippen LogP contribution in [-0.2, 0) is 4.79 Å². The van der Waals surface area contributed by atoms with Gasteiger partial charge in [-0.3, -0.25) is 9.59 Å². The molecule has 3 aromatic rings. The molecule has 1 aliphatic heterocycles. The van der Waals surface area contributed by atoms with E-state index in [1.165, 1.54) is 12.1 Å². The highest BCUT2D eigenvalue weighted by Gasteiger charge is 2.21. The number of hydrogen-bond acceptors (Lipinski definition) is 6. The summed E-state index contributed by atoms with van der Waals surface area (Å²) in [5.74, 6) is 0.111. The molecule has 0 unspecified atom stereocenters. The third-order valence-corrected chi connectivity index (χ3v) is 5.22. The first kappa shape index (κ1) is 18.4. The van der Waals surface area contributed by atoms with Gasteiger partial charge in [-0.15, -0.1) is 10.2 Å². The number of benzene rings is 2. The van der Waals surface area contributed by atoms with Gasteiger partial charge in [-0.25, -0.2) is 4.39 Å². The predicted molar refractivity (Wildman–Crippen MR) is 103 cm³/mol. The highest BCUT2D eigenvalue weighted by molar-refractivity contribution is 7.99. The van der Waals surface area contributed by atoms with Crippen LogP contribution in [-0.4, -0.2) is 34.2 Å². The largest absolute Gasteiger partial charge is 0.411 e. The van der Waals surface area contributed by atoms with Gasteiger partial charge in [0, 0.05) is 29.8 Å². The minimum Gasteiger partial charge on any atom is -0.411 e. The fourth-order valence-corrected chi connectivity index (χ4v) is 3.59. The fourth-order valence-electron chi connectivity index (χ4n) is 2.94. The molecule has 0 aliphatic carbocycles. The predicted octanol–water partition coefficient (Wildman–Crippen LogP) is 3.98. The van der Waals surface area contributed by atoms with Gasteiger partial charge in [-0.05, 0) is 55.0 Å². The van der Waals surface area contributed by atoms with E-state index in [4.69, 9.17) is 4.42 Å². The summed E-state index contributed by atoms with van der Waals surface area (Å²) in [6, 6.07) is 12.8. The van der Waals surface area contributed by atoms with E-state index in [0.29, 0.717) is 17.5 Å². The number of thioether (sulfide) groups is 1. The summed E-state index contributed by atoms with van der Waals surface area (Å²) in [5, 5.41) is 8.10. The van der Waals surface area contributed by atoms with Gasteiger partial charge in [0.1, 0.15) is 5.82 Å². The van der Waals surface area contributed by atoms with Gasteiger partial charge in [0.05, 0.1) is 5.75 Å². The Morgan fingerprint density at radius 2 is 1.86 bits per heavy atom. The second-order valence-electron chi connectivity index (χ2n) is 6.29. The summed E-state index contributed by atoms with van der Waals surface area (Å²) in [4.78, 5) is 25.9. The zero-order chi connectivity index (χ0) is 19.5. The normalized spacial score (nSPS) is 13.9. The Morgan fingerprint density at radius 1 is 1.11 bits per heavy atom. The monoisotopic (exact) mass is 397 g/mol. The molecule has 1 fully saturated rings. The summed E-state index contributed by atoms with van der Waals surface area (Å²) in [7, 11) is 0. The number of nitrogens with zero attached hydrogens (tertiary/aromatic N) is 3. The van der Waals surface area contributed by atoms with Gasteiger partial charge in [0.15, 0.2) is 5.78 Å². The van der Waals surface area contributed by atoms with Crippen LogP contribution in [0.4, 0.5) is 10.1 Å². The van der Waals surface area contributed by atoms with Crippen molar-refractivity contribution in [3.63, 3.8) is 0 Å². The van der Waals surface area contributed by atoms with Crippen molar-refractivity contribution in [2.45, 2.75) is 18.1 Å². The molecule has 2 heterocycles.